The number of anilines is 2. The lowest BCUT2D eigenvalue weighted by Crippen LogP contribution is -2.37. The third kappa shape index (κ3) is 4.23. The van der Waals surface area contributed by atoms with E-state index in [1.165, 1.54) is 0 Å². The van der Waals surface area contributed by atoms with Crippen molar-refractivity contribution in [3.8, 4) is 5.75 Å². The fourth-order valence-electron chi connectivity index (χ4n) is 2.64. The van der Waals surface area contributed by atoms with Gasteiger partial charge < -0.3 is 19.7 Å². The number of aromatic nitrogens is 2. The maximum atomic E-state index is 12.8. The predicted molar refractivity (Wildman–Crippen MR) is 98.5 cm³/mol. The first-order chi connectivity index (χ1) is 12.5. The first kappa shape index (κ1) is 18.4. The zero-order valence-corrected chi connectivity index (χ0v) is 15.6. The summed E-state index contributed by atoms with van der Waals surface area (Å²) in [6.07, 6.45) is 0. The van der Waals surface area contributed by atoms with Crippen LogP contribution in [0.15, 0.2) is 35.5 Å². The Hall–Kier alpha value is -2.39. The summed E-state index contributed by atoms with van der Waals surface area (Å²) in [5.74, 6) is 1.55. The number of hydrogen-bond donors (Lipinski definition) is 1. The van der Waals surface area contributed by atoms with Crippen LogP contribution in [0.5, 0.6) is 5.75 Å². The van der Waals surface area contributed by atoms with Gasteiger partial charge in [-0.3, -0.25) is 0 Å². The molecule has 2 aromatic rings. The van der Waals surface area contributed by atoms with Crippen molar-refractivity contribution in [3.63, 3.8) is 0 Å². The zero-order chi connectivity index (χ0) is 18.6. The highest BCUT2D eigenvalue weighted by atomic mass is 32.2. The van der Waals surface area contributed by atoms with Gasteiger partial charge in [0.15, 0.2) is 0 Å². The second-order valence-electron chi connectivity index (χ2n) is 5.85. The van der Waals surface area contributed by atoms with Crippen LogP contribution < -0.4 is 15.0 Å². The summed E-state index contributed by atoms with van der Waals surface area (Å²) in [4.78, 5) is 10.5. The average Bonchev–Trinajstić information content (AvgIpc) is 2.68. The third-order valence-electron chi connectivity index (χ3n) is 4.08. The number of methoxy groups -OCH3 is 1. The van der Waals surface area contributed by atoms with Gasteiger partial charge in [-0.1, -0.05) is 12.1 Å². The zero-order valence-electron chi connectivity index (χ0n) is 14.8. The predicted octanol–water partition coefficient (Wildman–Crippen LogP) is 1.34. The summed E-state index contributed by atoms with van der Waals surface area (Å²) in [5, 5.41) is 2.73. The van der Waals surface area contributed by atoms with E-state index in [1.807, 2.05) is 4.90 Å². The molecule has 0 bridgehead atoms. The van der Waals surface area contributed by atoms with Gasteiger partial charge in [0, 0.05) is 26.2 Å². The summed E-state index contributed by atoms with van der Waals surface area (Å²) < 4.78 is 36.1. The molecule has 1 aromatic heterocycles. The van der Waals surface area contributed by atoms with Crippen molar-refractivity contribution in [2.24, 2.45) is 0 Å². The summed E-state index contributed by atoms with van der Waals surface area (Å²) in [6, 6.07) is 8.66. The molecule has 140 valence electrons. The van der Waals surface area contributed by atoms with Crippen LogP contribution in [0.25, 0.3) is 0 Å². The minimum absolute atomic E-state index is 0.174. The van der Waals surface area contributed by atoms with Crippen LogP contribution >= 0.6 is 0 Å². The van der Waals surface area contributed by atoms with E-state index < -0.39 is 9.84 Å². The molecule has 1 aliphatic heterocycles. The molecule has 9 heteroatoms. The number of rotatable bonds is 6. The van der Waals surface area contributed by atoms with E-state index in [9.17, 15) is 8.42 Å². The van der Waals surface area contributed by atoms with Gasteiger partial charge in [0.1, 0.15) is 17.4 Å². The van der Waals surface area contributed by atoms with E-state index in [1.54, 1.807) is 44.5 Å². The second kappa shape index (κ2) is 7.88. The average molecular weight is 378 g/mol. The monoisotopic (exact) mass is 378 g/mol. The molecule has 0 atom stereocenters. The van der Waals surface area contributed by atoms with Crippen LogP contribution in [-0.2, 0) is 20.3 Å². The number of nitrogens with one attached hydrogen (secondary N) is 1. The number of nitrogens with zero attached hydrogens (tertiary/aromatic N) is 3. The quantitative estimate of drug-likeness (QED) is 0.753. The minimum atomic E-state index is -3.69. The van der Waals surface area contributed by atoms with Crippen molar-refractivity contribution in [3.05, 3.63) is 35.9 Å². The lowest BCUT2D eigenvalue weighted by Gasteiger charge is -2.28. The standard InChI is InChI=1S/C17H22N4O4S/c1-18-15-11-16(21-7-9-25-10-8-21)20-17(19-15)26(22,23)12-13-3-5-14(24-2)6-4-13/h3-6,11H,7-10,12H2,1-2H3,(H,18,19,20). The van der Waals surface area contributed by atoms with Crippen LogP contribution in [0.2, 0.25) is 0 Å². The molecular formula is C17H22N4O4S. The smallest absolute Gasteiger partial charge is 0.251 e. The first-order valence-corrected chi connectivity index (χ1v) is 9.92. The molecule has 0 aliphatic carbocycles. The topological polar surface area (TPSA) is 93.7 Å². The van der Waals surface area contributed by atoms with Gasteiger partial charge >= 0.3 is 0 Å². The van der Waals surface area contributed by atoms with Crippen LogP contribution in [0.4, 0.5) is 11.6 Å². The highest BCUT2D eigenvalue weighted by molar-refractivity contribution is 7.90. The van der Waals surface area contributed by atoms with Crippen molar-refractivity contribution in [2.75, 3.05) is 50.7 Å². The molecule has 1 aliphatic rings. The molecule has 26 heavy (non-hydrogen) atoms. The molecule has 3 rings (SSSR count). The van der Waals surface area contributed by atoms with E-state index in [-0.39, 0.29) is 10.9 Å². The largest absolute Gasteiger partial charge is 0.497 e. The first-order valence-electron chi connectivity index (χ1n) is 8.27. The van der Waals surface area contributed by atoms with Crippen molar-refractivity contribution < 1.29 is 17.9 Å². The van der Waals surface area contributed by atoms with Crippen LogP contribution in [0.1, 0.15) is 5.56 Å². The summed E-state index contributed by atoms with van der Waals surface area (Å²) >= 11 is 0. The van der Waals surface area contributed by atoms with E-state index in [0.717, 1.165) is 0 Å². The number of sulfone groups is 1. The lowest BCUT2D eigenvalue weighted by atomic mass is 10.2. The molecule has 1 aromatic carbocycles. The van der Waals surface area contributed by atoms with Gasteiger partial charge in [-0.15, -0.1) is 0 Å². The van der Waals surface area contributed by atoms with Crippen LogP contribution in [-0.4, -0.2) is 58.8 Å². The van der Waals surface area contributed by atoms with E-state index in [4.69, 9.17) is 9.47 Å². The number of hydrogen-bond acceptors (Lipinski definition) is 8. The van der Waals surface area contributed by atoms with Gasteiger partial charge in [0.25, 0.3) is 5.16 Å². The molecule has 2 heterocycles. The van der Waals surface area contributed by atoms with E-state index >= 15 is 0 Å². The van der Waals surface area contributed by atoms with E-state index in [0.29, 0.717) is 49.3 Å². The second-order valence-corrected chi connectivity index (χ2v) is 7.73. The Morgan fingerprint density at radius 1 is 1.19 bits per heavy atom. The molecule has 1 fully saturated rings. The van der Waals surface area contributed by atoms with Gasteiger partial charge in [0.2, 0.25) is 9.84 Å². The van der Waals surface area contributed by atoms with Crippen LogP contribution in [0.3, 0.4) is 0 Å². The van der Waals surface area contributed by atoms with Crippen molar-refractivity contribution in [1.29, 1.82) is 0 Å². The molecule has 0 spiro atoms. The van der Waals surface area contributed by atoms with Gasteiger partial charge in [-0.05, 0) is 17.7 Å². The molecule has 0 saturated carbocycles. The minimum Gasteiger partial charge on any atom is -0.497 e. The molecule has 8 nitrogen and oxygen atoms in total. The Morgan fingerprint density at radius 3 is 2.50 bits per heavy atom. The van der Waals surface area contributed by atoms with E-state index in [2.05, 4.69) is 15.3 Å². The molecular weight excluding hydrogens is 356 g/mol. The van der Waals surface area contributed by atoms with Crippen molar-refractivity contribution in [2.45, 2.75) is 10.9 Å². The molecule has 1 N–H and O–H groups in total. The fourth-order valence-corrected chi connectivity index (χ4v) is 3.87. The fraction of sp³-hybridized carbons (Fsp3) is 0.412. The van der Waals surface area contributed by atoms with Gasteiger partial charge in [-0.25, -0.2) is 18.4 Å². The number of benzene rings is 1. The SMILES string of the molecule is CNc1cc(N2CCOCC2)nc(S(=O)(=O)Cc2ccc(OC)cc2)n1. The summed E-state index contributed by atoms with van der Waals surface area (Å²) in [6.45, 7) is 2.51. The Balaban J connectivity index is 1.89. The molecule has 0 amide bonds. The lowest BCUT2D eigenvalue weighted by molar-refractivity contribution is 0.122. The Bertz CT molecular complexity index is 850. The van der Waals surface area contributed by atoms with Crippen molar-refractivity contribution in [1.82, 2.24) is 9.97 Å². The third-order valence-corrected chi connectivity index (χ3v) is 5.53. The summed E-state index contributed by atoms with van der Waals surface area (Å²) in [5.41, 5.74) is 0.650. The molecule has 0 radical (unpaired) electrons. The Morgan fingerprint density at radius 2 is 1.88 bits per heavy atom. The van der Waals surface area contributed by atoms with Gasteiger partial charge in [0.05, 0.1) is 26.1 Å². The number of morpholine rings is 1. The van der Waals surface area contributed by atoms with Gasteiger partial charge in [-0.2, -0.15) is 0 Å². The maximum absolute atomic E-state index is 12.8. The molecule has 0 unspecified atom stereocenters. The Kier molecular flexibility index (Phi) is 5.58. The molecule has 1 saturated heterocycles. The van der Waals surface area contributed by atoms with Crippen LogP contribution in [0, 0.1) is 0 Å². The number of ether oxygens (including phenoxy) is 2. The Labute approximate surface area is 153 Å². The summed E-state index contributed by atoms with van der Waals surface area (Å²) in [7, 11) is -0.422. The maximum Gasteiger partial charge on any atom is 0.251 e. The normalized spacial score (nSPS) is 14.9. The highest BCUT2D eigenvalue weighted by Gasteiger charge is 2.23. The van der Waals surface area contributed by atoms with Crippen molar-refractivity contribution >= 4 is 21.5 Å². The highest BCUT2D eigenvalue weighted by Crippen LogP contribution is 2.22.